The van der Waals surface area contributed by atoms with Crippen LogP contribution in [-0.4, -0.2) is 27.8 Å². The molecule has 2 aromatic heterocycles. The lowest BCUT2D eigenvalue weighted by molar-refractivity contribution is 0.494. The predicted molar refractivity (Wildman–Crippen MR) is 67.0 cm³/mol. The molecule has 1 N–H and O–H groups in total. The van der Waals surface area contributed by atoms with Gasteiger partial charge in [0.25, 0.3) is 0 Å². The smallest absolute Gasteiger partial charge is 0.247 e. The van der Waals surface area contributed by atoms with Gasteiger partial charge < -0.3 is 9.73 Å². The minimum atomic E-state index is 0.571. The van der Waals surface area contributed by atoms with Crippen LogP contribution in [0.25, 0.3) is 11.5 Å². The Balaban J connectivity index is 1.64. The predicted octanol–water partition coefficient (Wildman–Crippen LogP) is 1.73. The van der Waals surface area contributed by atoms with Crippen molar-refractivity contribution in [3.05, 3.63) is 29.9 Å². The molecule has 1 saturated carbocycles. The third-order valence-corrected chi connectivity index (χ3v) is 2.96. The zero-order valence-corrected chi connectivity index (χ0v) is 10.4. The summed E-state index contributed by atoms with van der Waals surface area (Å²) in [5.41, 5.74) is 1.87. The summed E-state index contributed by atoms with van der Waals surface area (Å²) < 4.78 is 5.64. The molecule has 3 rings (SSSR count). The van der Waals surface area contributed by atoms with Gasteiger partial charge in [0.05, 0.1) is 0 Å². The van der Waals surface area contributed by atoms with E-state index in [2.05, 4.69) is 20.5 Å². The maximum absolute atomic E-state index is 5.64. The Morgan fingerprint density at radius 2 is 2.28 bits per heavy atom. The number of hydrogen-bond donors (Lipinski definition) is 1. The molecular formula is C13H16N4O. The van der Waals surface area contributed by atoms with E-state index in [9.17, 15) is 0 Å². The normalized spacial score (nSPS) is 14.9. The van der Waals surface area contributed by atoms with Crippen molar-refractivity contribution in [2.24, 2.45) is 0 Å². The van der Waals surface area contributed by atoms with Crippen LogP contribution in [0.3, 0.4) is 0 Å². The largest absolute Gasteiger partial charge is 0.421 e. The molecule has 0 radical (unpaired) electrons. The molecule has 94 valence electrons. The third-order valence-electron chi connectivity index (χ3n) is 2.96. The number of pyridine rings is 1. The van der Waals surface area contributed by atoms with Crippen LogP contribution in [0.5, 0.6) is 0 Å². The van der Waals surface area contributed by atoms with E-state index in [0.29, 0.717) is 11.8 Å². The van der Waals surface area contributed by atoms with Crippen LogP contribution >= 0.6 is 0 Å². The van der Waals surface area contributed by atoms with Gasteiger partial charge in [-0.2, -0.15) is 0 Å². The lowest BCUT2D eigenvalue weighted by Gasteiger charge is -1.98. The number of hydrogen-bond acceptors (Lipinski definition) is 5. The number of nitrogens with zero attached hydrogens (tertiary/aromatic N) is 3. The number of nitrogens with one attached hydrogen (secondary N) is 1. The summed E-state index contributed by atoms with van der Waals surface area (Å²) >= 11 is 0. The Hall–Kier alpha value is -1.75. The van der Waals surface area contributed by atoms with Crippen LogP contribution in [0.4, 0.5) is 0 Å². The van der Waals surface area contributed by atoms with E-state index >= 15 is 0 Å². The Bertz CT molecular complexity index is 533. The summed E-state index contributed by atoms with van der Waals surface area (Å²) in [5.74, 6) is 1.26. The van der Waals surface area contributed by atoms with Crippen molar-refractivity contribution in [1.29, 1.82) is 0 Å². The monoisotopic (exact) mass is 244 g/mol. The van der Waals surface area contributed by atoms with Gasteiger partial charge in [-0.3, -0.25) is 4.98 Å². The van der Waals surface area contributed by atoms with Crippen molar-refractivity contribution in [1.82, 2.24) is 20.5 Å². The highest BCUT2D eigenvalue weighted by molar-refractivity contribution is 5.52. The lowest BCUT2D eigenvalue weighted by atomic mass is 10.2. The van der Waals surface area contributed by atoms with Crippen molar-refractivity contribution < 1.29 is 4.42 Å². The molecule has 0 unspecified atom stereocenters. The van der Waals surface area contributed by atoms with Gasteiger partial charge in [0, 0.05) is 36.5 Å². The van der Waals surface area contributed by atoms with Crippen LogP contribution in [0.15, 0.2) is 22.7 Å². The number of rotatable bonds is 5. The standard InChI is InChI=1S/C13H16N4O/c1-9-8-10(4-6-14-9)13-17-16-12(18-13)5-7-15-11-2-3-11/h4,6,8,11,15H,2-3,5,7H2,1H3. The first-order valence-corrected chi connectivity index (χ1v) is 6.30. The molecule has 0 saturated heterocycles. The molecule has 1 aliphatic carbocycles. The van der Waals surface area contributed by atoms with E-state index in [1.54, 1.807) is 6.20 Å². The Kier molecular flexibility index (Phi) is 3.06. The van der Waals surface area contributed by atoms with E-state index in [4.69, 9.17) is 4.42 Å². The van der Waals surface area contributed by atoms with Gasteiger partial charge in [0.2, 0.25) is 11.8 Å². The highest BCUT2D eigenvalue weighted by Gasteiger charge is 2.20. The fourth-order valence-electron chi connectivity index (χ4n) is 1.82. The summed E-state index contributed by atoms with van der Waals surface area (Å²) in [5, 5.41) is 11.6. The SMILES string of the molecule is Cc1cc(-c2nnc(CCNC3CC3)o2)ccn1. The van der Waals surface area contributed by atoms with E-state index < -0.39 is 0 Å². The second kappa shape index (κ2) is 4.86. The zero-order chi connectivity index (χ0) is 12.4. The highest BCUT2D eigenvalue weighted by atomic mass is 16.4. The summed E-state index contributed by atoms with van der Waals surface area (Å²) in [7, 11) is 0. The molecule has 18 heavy (non-hydrogen) atoms. The minimum absolute atomic E-state index is 0.571. The van der Waals surface area contributed by atoms with Gasteiger partial charge in [0.15, 0.2) is 0 Å². The summed E-state index contributed by atoms with van der Waals surface area (Å²) in [6.45, 7) is 2.85. The molecule has 0 spiro atoms. The molecule has 5 nitrogen and oxygen atoms in total. The van der Waals surface area contributed by atoms with E-state index in [0.717, 1.165) is 30.3 Å². The van der Waals surface area contributed by atoms with Crippen molar-refractivity contribution in [3.8, 4) is 11.5 Å². The van der Waals surface area contributed by atoms with Gasteiger partial charge in [-0.05, 0) is 31.9 Å². The third kappa shape index (κ3) is 2.73. The molecule has 0 aliphatic heterocycles. The minimum Gasteiger partial charge on any atom is -0.421 e. The molecule has 0 amide bonds. The zero-order valence-electron chi connectivity index (χ0n) is 10.4. The highest BCUT2D eigenvalue weighted by Crippen LogP contribution is 2.19. The maximum atomic E-state index is 5.64. The topological polar surface area (TPSA) is 63.8 Å². The average molecular weight is 244 g/mol. The fourth-order valence-corrected chi connectivity index (χ4v) is 1.82. The van der Waals surface area contributed by atoms with Gasteiger partial charge in [0.1, 0.15) is 0 Å². The van der Waals surface area contributed by atoms with Crippen molar-refractivity contribution in [3.63, 3.8) is 0 Å². The van der Waals surface area contributed by atoms with Crippen LogP contribution in [0.1, 0.15) is 24.4 Å². The average Bonchev–Trinajstić information content (AvgIpc) is 3.06. The fraction of sp³-hybridized carbons (Fsp3) is 0.462. The van der Waals surface area contributed by atoms with Crippen LogP contribution in [0, 0.1) is 6.92 Å². The molecule has 0 atom stereocenters. The van der Waals surface area contributed by atoms with Crippen molar-refractivity contribution in [2.45, 2.75) is 32.2 Å². The van der Waals surface area contributed by atoms with Gasteiger partial charge >= 0.3 is 0 Å². The van der Waals surface area contributed by atoms with Gasteiger partial charge in [-0.15, -0.1) is 10.2 Å². The van der Waals surface area contributed by atoms with Crippen molar-refractivity contribution >= 4 is 0 Å². The molecule has 0 bridgehead atoms. The first-order valence-electron chi connectivity index (χ1n) is 6.30. The van der Waals surface area contributed by atoms with Crippen LogP contribution in [0.2, 0.25) is 0 Å². The maximum Gasteiger partial charge on any atom is 0.247 e. The number of aryl methyl sites for hydroxylation is 1. The van der Waals surface area contributed by atoms with E-state index in [1.165, 1.54) is 12.8 Å². The Labute approximate surface area is 106 Å². The molecule has 2 heterocycles. The number of aromatic nitrogens is 3. The first-order chi connectivity index (χ1) is 8.81. The van der Waals surface area contributed by atoms with Gasteiger partial charge in [-0.25, -0.2) is 0 Å². The second-order valence-corrected chi connectivity index (χ2v) is 4.67. The lowest BCUT2D eigenvalue weighted by Crippen LogP contribution is -2.19. The molecule has 1 fully saturated rings. The molecule has 5 heteroatoms. The molecular weight excluding hydrogens is 228 g/mol. The summed E-state index contributed by atoms with van der Waals surface area (Å²) in [4.78, 5) is 4.15. The Morgan fingerprint density at radius 1 is 1.39 bits per heavy atom. The second-order valence-electron chi connectivity index (χ2n) is 4.67. The van der Waals surface area contributed by atoms with Crippen LogP contribution in [-0.2, 0) is 6.42 Å². The Morgan fingerprint density at radius 3 is 3.06 bits per heavy atom. The molecule has 1 aliphatic rings. The van der Waals surface area contributed by atoms with Crippen LogP contribution < -0.4 is 5.32 Å². The molecule has 2 aromatic rings. The van der Waals surface area contributed by atoms with Crippen molar-refractivity contribution in [2.75, 3.05) is 6.54 Å². The first kappa shape index (κ1) is 11.3. The van der Waals surface area contributed by atoms with Gasteiger partial charge in [-0.1, -0.05) is 0 Å². The van der Waals surface area contributed by atoms with E-state index in [-0.39, 0.29) is 0 Å². The summed E-state index contributed by atoms with van der Waals surface area (Å²) in [6.07, 6.45) is 5.13. The quantitative estimate of drug-likeness (QED) is 0.867. The summed E-state index contributed by atoms with van der Waals surface area (Å²) in [6, 6.07) is 4.54. The molecule has 0 aromatic carbocycles. The van der Waals surface area contributed by atoms with E-state index in [1.807, 2.05) is 19.1 Å².